The van der Waals surface area contributed by atoms with Gasteiger partial charge in [-0.05, 0) is 27.7 Å². The lowest BCUT2D eigenvalue weighted by Crippen LogP contribution is -3.19. The van der Waals surface area contributed by atoms with Gasteiger partial charge < -0.3 is 10.3 Å². The highest BCUT2D eigenvalue weighted by Gasteiger charge is 2.52. The predicted octanol–water partition coefficient (Wildman–Crippen LogP) is 0.0344. The maximum Gasteiger partial charge on any atom is 0.235 e. The van der Waals surface area contributed by atoms with E-state index in [2.05, 4.69) is 4.99 Å². The first-order chi connectivity index (χ1) is 5.82. The zero-order chi connectivity index (χ0) is 10.3. The number of hydroxylamine groups is 2. The molecule has 1 fully saturated rings. The molecular formula is C9H16N2O2. The molecule has 0 aromatic rings. The van der Waals surface area contributed by atoms with E-state index in [0.29, 0.717) is 6.42 Å². The fourth-order valence-electron chi connectivity index (χ4n) is 2.13. The van der Waals surface area contributed by atoms with Gasteiger partial charge in [0.25, 0.3) is 0 Å². The Morgan fingerprint density at radius 2 is 2.00 bits per heavy atom. The van der Waals surface area contributed by atoms with Crippen LogP contribution in [0.5, 0.6) is 0 Å². The highest BCUT2D eigenvalue weighted by molar-refractivity contribution is 5.34. The van der Waals surface area contributed by atoms with Gasteiger partial charge in [-0.3, -0.25) is 0 Å². The molecule has 4 heteroatoms. The van der Waals surface area contributed by atoms with Gasteiger partial charge in [0.1, 0.15) is 11.6 Å². The zero-order valence-corrected chi connectivity index (χ0v) is 8.55. The summed E-state index contributed by atoms with van der Waals surface area (Å²) in [5.41, 5.74) is -0.866. The minimum atomic E-state index is -0.513. The van der Waals surface area contributed by atoms with Crippen LogP contribution in [0.1, 0.15) is 34.1 Å². The molecule has 13 heavy (non-hydrogen) atoms. The lowest BCUT2D eigenvalue weighted by atomic mass is 9.95. The Bertz CT molecular complexity index is 254. The van der Waals surface area contributed by atoms with Gasteiger partial charge in [0.15, 0.2) is 0 Å². The highest BCUT2D eigenvalue weighted by atomic mass is 16.5. The van der Waals surface area contributed by atoms with Crippen molar-refractivity contribution >= 4 is 6.08 Å². The number of rotatable bonds is 1. The normalized spacial score (nSPS) is 35.5. The topological polar surface area (TPSA) is 56.9 Å². The molecule has 0 spiro atoms. The third kappa shape index (κ3) is 1.53. The molecule has 0 amide bonds. The predicted molar refractivity (Wildman–Crippen MR) is 49.0 cm³/mol. The first-order valence-corrected chi connectivity index (χ1v) is 4.44. The van der Waals surface area contributed by atoms with Crippen molar-refractivity contribution in [2.75, 3.05) is 0 Å². The van der Waals surface area contributed by atoms with Crippen molar-refractivity contribution in [3.05, 3.63) is 5.21 Å². The molecule has 0 aromatic carbocycles. The number of quaternary nitrogens is 1. The Kier molecular flexibility index (Phi) is 2.32. The minimum Gasteiger partial charge on any atom is -0.633 e. The van der Waals surface area contributed by atoms with Crippen LogP contribution in [0.3, 0.4) is 0 Å². The Labute approximate surface area is 78.2 Å². The molecule has 0 aromatic heterocycles. The molecule has 1 rings (SSSR count). The van der Waals surface area contributed by atoms with Gasteiger partial charge in [-0.15, -0.1) is 0 Å². The van der Waals surface area contributed by atoms with E-state index in [1.807, 2.05) is 27.7 Å². The van der Waals surface area contributed by atoms with Gasteiger partial charge in [0.2, 0.25) is 6.08 Å². The molecule has 1 aliphatic heterocycles. The van der Waals surface area contributed by atoms with Gasteiger partial charge in [0, 0.05) is 6.42 Å². The maximum absolute atomic E-state index is 11.8. The van der Waals surface area contributed by atoms with Crippen molar-refractivity contribution < 1.29 is 9.86 Å². The lowest BCUT2D eigenvalue weighted by Gasteiger charge is -2.40. The van der Waals surface area contributed by atoms with Crippen LogP contribution in [0.15, 0.2) is 4.99 Å². The Balaban J connectivity index is 2.99. The summed E-state index contributed by atoms with van der Waals surface area (Å²) < 4.78 is 0. The monoisotopic (exact) mass is 184 g/mol. The summed E-state index contributed by atoms with van der Waals surface area (Å²) in [6.45, 7) is 7.49. The largest absolute Gasteiger partial charge is 0.633 e. The minimum absolute atomic E-state index is 0.184. The van der Waals surface area contributed by atoms with Crippen LogP contribution in [0.4, 0.5) is 0 Å². The molecule has 2 unspecified atom stereocenters. The van der Waals surface area contributed by atoms with Crippen LogP contribution < -0.4 is 5.06 Å². The third-order valence-corrected chi connectivity index (χ3v) is 2.95. The molecule has 0 bridgehead atoms. The van der Waals surface area contributed by atoms with Crippen molar-refractivity contribution in [2.45, 2.75) is 51.2 Å². The Morgan fingerprint density at radius 1 is 1.46 bits per heavy atom. The van der Waals surface area contributed by atoms with Crippen LogP contribution in [-0.2, 0) is 4.79 Å². The van der Waals surface area contributed by atoms with E-state index in [0.717, 1.165) is 0 Å². The van der Waals surface area contributed by atoms with Crippen LogP contribution in [0, 0.1) is 5.21 Å². The molecule has 1 heterocycles. The van der Waals surface area contributed by atoms with Crippen molar-refractivity contribution in [3.63, 3.8) is 0 Å². The van der Waals surface area contributed by atoms with Crippen molar-refractivity contribution in [2.24, 2.45) is 4.99 Å². The van der Waals surface area contributed by atoms with Crippen LogP contribution >= 0.6 is 0 Å². The smallest absolute Gasteiger partial charge is 0.235 e. The van der Waals surface area contributed by atoms with E-state index in [-0.39, 0.29) is 16.6 Å². The molecule has 1 aliphatic rings. The standard InChI is InChI=1S/C9H16N2O2/c1-8(2)5-7(10-6-12)9(3,4)11(8)13/h7,11H,5H2,1-4H3. The molecule has 4 nitrogen and oxygen atoms in total. The third-order valence-electron chi connectivity index (χ3n) is 2.95. The first-order valence-electron chi connectivity index (χ1n) is 4.44. The second-order valence-corrected chi connectivity index (χ2v) is 4.88. The molecule has 1 N–H and O–H groups in total. The second kappa shape index (κ2) is 2.91. The second-order valence-electron chi connectivity index (χ2n) is 4.88. The molecule has 2 atom stereocenters. The number of isocyanates is 1. The maximum atomic E-state index is 11.8. The number of aliphatic imine (C=N–C) groups is 1. The van der Waals surface area contributed by atoms with E-state index in [1.165, 1.54) is 0 Å². The van der Waals surface area contributed by atoms with Crippen LogP contribution in [-0.4, -0.2) is 23.2 Å². The number of hydrogen-bond acceptors (Lipinski definition) is 3. The molecule has 1 saturated heterocycles. The SMILES string of the molecule is CC1(C)CC(N=C=O)C(C)(C)[NH+]1[O-]. The lowest BCUT2D eigenvalue weighted by molar-refractivity contribution is -0.932. The van der Waals surface area contributed by atoms with E-state index in [4.69, 9.17) is 0 Å². The van der Waals surface area contributed by atoms with Gasteiger partial charge in [0.05, 0.1) is 5.54 Å². The van der Waals surface area contributed by atoms with Crippen molar-refractivity contribution in [3.8, 4) is 0 Å². The van der Waals surface area contributed by atoms with Crippen LogP contribution in [0.2, 0.25) is 0 Å². The van der Waals surface area contributed by atoms with E-state index < -0.39 is 5.54 Å². The summed E-state index contributed by atoms with van der Waals surface area (Å²) in [6, 6.07) is -0.201. The first kappa shape index (κ1) is 10.4. The fourth-order valence-corrected chi connectivity index (χ4v) is 2.13. The summed E-state index contributed by atoms with van der Waals surface area (Å²) in [7, 11) is 0. The number of carbonyl (C=O) groups excluding carboxylic acids is 1. The Hall–Kier alpha value is -0.700. The number of nitrogens with one attached hydrogen (secondary N) is 1. The van der Waals surface area contributed by atoms with Gasteiger partial charge in [-0.25, -0.2) is 4.79 Å². The summed E-state index contributed by atoms with van der Waals surface area (Å²) in [5.74, 6) is 0. The van der Waals surface area contributed by atoms with E-state index in [9.17, 15) is 10.0 Å². The molecule has 0 radical (unpaired) electrons. The number of hydrogen-bond donors (Lipinski definition) is 1. The molecular weight excluding hydrogens is 168 g/mol. The summed E-state index contributed by atoms with van der Waals surface area (Å²) in [6.07, 6.45) is 2.19. The van der Waals surface area contributed by atoms with E-state index in [1.54, 1.807) is 6.08 Å². The average molecular weight is 184 g/mol. The summed E-state index contributed by atoms with van der Waals surface area (Å²) in [5, 5.41) is 12.0. The van der Waals surface area contributed by atoms with E-state index >= 15 is 0 Å². The molecule has 0 aliphatic carbocycles. The van der Waals surface area contributed by atoms with Gasteiger partial charge >= 0.3 is 0 Å². The quantitative estimate of drug-likeness (QED) is 0.355. The number of nitrogens with zero attached hydrogens (tertiary/aromatic N) is 1. The van der Waals surface area contributed by atoms with Crippen LogP contribution in [0.25, 0.3) is 0 Å². The molecule has 74 valence electrons. The Morgan fingerprint density at radius 3 is 2.31 bits per heavy atom. The molecule has 0 saturated carbocycles. The van der Waals surface area contributed by atoms with Gasteiger partial charge in [-0.1, -0.05) is 0 Å². The van der Waals surface area contributed by atoms with Gasteiger partial charge in [-0.2, -0.15) is 4.99 Å². The average Bonchev–Trinajstić information content (AvgIpc) is 2.14. The highest BCUT2D eigenvalue weighted by Crippen LogP contribution is 2.26. The summed E-state index contributed by atoms with van der Waals surface area (Å²) in [4.78, 5) is 13.9. The van der Waals surface area contributed by atoms with Crippen molar-refractivity contribution in [1.82, 2.24) is 0 Å². The van der Waals surface area contributed by atoms with Crippen molar-refractivity contribution in [1.29, 1.82) is 0 Å². The fraction of sp³-hybridized carbons (Fsp3) is 0.889. The zero-order valence-electron chi connectivity index (χ0n) is 8.55. The summed E-state index contributed by atoms with van der Waals surface area (Å²) >= 11 is 0.